The quantitative estimate of drug-likeness (QED) is 0.387. The van der Waals surface area contributed by atoms with Crippen molar-refractivity contribution in [2.45, 2.75) is 65.9 Å². The van der Waals surface area contributed by atoms with Crippen molar-refractivity contribution in [3.05, 3.63) is 12.2 Å². The largest absolute Gasteiger partial charge is 0.460 e. The summed E-state index contributed by atoms with van der Waals surface area (Å²) in [5.41, 5.74) is -0.368. The molecule has 0 N–H and O–H groups in total. The van der Waals surface area contributed by atoms with Crippen LogP contribution in [0.3, 0.4) is 0 Å². The summed E-state index contributed by atoms with van der Waals surface area (Å²) in [5, 5.41) is 0. The highest BCUT2D eigenvalue weighted by Gasteiger charge is 2.20. The van der Waals surface area contributed by atoms with E-state index in [0.29, 0.717) is 0 Å². The van der Waals surface area contributed by atoms with Crippen LogP contribution in [0.1, 0.15) is 60.3 Å². The summed E-state index contributed by atoms with van der Waals surface area (Å²) in [4.78, 5) is 11.6. The highest BCUT2D eigenvalue weighted by molar-refractivity contribution is 5.72. The van der Waals surface area contributed by atoms with Crippen LogP contribution in [0, 0.1) is 5.92 Å². The fourth-order valence-electron chi connectivity index (χ4n) is 1.35. The molecule has 1 atom stereocenters. The Morgan fingerprint density at radius 1 is 1.31 bits per heavy atom. The van der Waals surface area contributed by atoms with Crippen molar-refractivity contribution in [3.63, 3.8) is 0 Å². The SMILES string of the molecule is CCC=CCCCC(C)C(=O)OC(C)(C)C. The fraction of sp³-hybridized carbons (Fsp3) is 0.786. The monoisotopic (exact) mass is 226 g/mol. The number of carbonyl (C=O) groups excluding carboxylic acids is 1. The van der Waals surface area contributed by atoms with Crippen LogP contribution in [0.5, 0.6) is 0 Å². The first-order valence-corrected chi connectivity index (χ1v) is 6.24. The van der Waals surface area contributed by atoms with Crippen LogP contribution in [0.15, 0.2) is 12.2 Å². The molecule has 0 saturated carbocycles. The molecule has 0 aromatic carbocycles. The molecular weight excluding hydrogens is 200 g/mol. The number of hydrogen-bond donors (Lipinski definition) is 0. The summed E-state index contributed by atoms with van der Waals surface area (Å²) in [6, 6.07) is 0. The van der Waals surface area contributed by atoms with E-state index in [1.54, 1.807) is 0 Å². The lowest BCUT2D eigenvalue weighted by molar-refractivity contribution is -0.159. The van der Waals surface area contributed by atoms with Gasteiger partial charge in [0.25, 0.3) is 0 Å². The fourth-order valence-corrected chi connectivity index (χ4v) is 1.35. The molecule has 0 aromatic heterocycles. The van der Waals surface area contributed by atoms with Gasteiger partial charge in [0, 0.05) is 0 Å². The van der Waals surface area contributed by atoms with Crippen LogP contribution in [0.2, 0.25) is 0 Å². The van der Waals surface area contributed by atoms with Gasteiger partial charge in [-0.1, -0.05) is 26.0 Å². The van der Waals surface area contributed by atoms with E-state index in [4.69, 9.17) is 4.74 Å². The molecule has 16 heavy (non-hydrogen) atoms. The topological polar surface area (TPSA) is 26.3 Å². The maximum atomic E-state index is 11.6. The third kappa shape index (κ3) is 8.51. The van der Waals surface area contributed by atoms with E-state index < -0.39 is 0 Å². The van der Waals surface area contributed by atoms with Gasteiger partial charge >= 0.3 is 5.97 Å². The maximum Gasteiger partial charge on any atom is 0.309 e. The molecule has 2 nitrogen and oxygen atoms in total. The molecule has 94 valence electrons. The van der Waals surface area contributed by atoms with Crippen LogP contribution in [0.25, 0.3) is 0 Å². The van der Waals surface area contributed by atoms with Gasteiger partial charge in [0.1, 0.15) is 5.60 Å². The average molecular weight is 226 g/mol. The van der Waals surface area contributed by atoms with E-state index in [1.165, 1.54) is 0 Å². The summed E-state index contributed by atoms with van der Waals surface area (Å²) in [5.74, 6) is -0.0683. The van der Waals surface area contributed by atoms with Crippen molar-refractivity contribution in [2.24, 2.45) is 5.92 Å². The first kappa shape index (κ1) is 15.2. The van der Waals surface area contributed by atoms with Crippen molar-refractivity contribution in [1.29, 1.82) is 0 Å². The summed E-state index contributed by atoms with van der Waals surface area (Å²) < 4.78 is 5.32. The van der Waals surface area contributed by atoms with Crippen molar-refractivity contribution in [3.8, 4) is 0 Å². The van der Waals surface area contributed by atoms with E-state index in [1.807, 2.05) is 27.7 Å². The van der Waals surface area contributed by atoms with E-state index in [2.05, 4.69) is 19.1 Å². The molecule has 0 rings (SSSR count). The zero-order valence-corrected chi connectivity index (χ0v) is 11.4. The number of rotatable bonds is 6. The molecule has 0 heterocycles. The van der Waals surface area contributed by atoms with Gasteiger partial charge in [-0.05, 0) is 46.5 Å². The second-order valence-electron chi connectivity index (χ2n) is 5.25. The molecule has 0 aliphatic heterocycles. The van der Waals surface area contributed by atoms with Crippen LogP contribution < -0.4 is 0 Å². The Labute approximate surface area is 100 Å². The Hall–Kier alpha value is -0.790. The smallest absolute Gasteiger partial charge is 0.309 e. The molecule has 0 fully saturated rings. The number of ether oxygens (including phenoxy) is 1. The second kappa shape index (κ2) is 7.48. The lowest BCUT2D eigenvalue weighted by Crippen LogP contribution is -2.27. The lowest BCUT2D eigenvalue weighted by atomic mass is 10.0. The molecule has 0 spiro atoms. The average Bonchev–Trinajstić information content (AvgIpc) is 2.14. The van der Waals surface area contributed by atoms with Gasteiger partial charge in [-0.2, -0.15) is 0 Å². The highest BCUT2D eigenvalue weighted by Crippen LogP contribution is 2.15. The van der Waals surface area contributed by atoms with E-state index >= 15 is 0 Å². The van der Waals surface area contributed by atoms with Gasteiger partial charge in [-0.15, -0.1) is 0 Å². The third-order valence-electron chi connectivity index (χ3n) is 2.22. The summed E-state index contributed by atoms with van der Waals surface area (Å²) in [7, 11) is 0. The molecular formula is C14H26O2. The van der Waals surface area contributed by atoms with Gasteiger partial charge in [0.15, 0.2) is 0 Å². The van der Waals surface area contributed by atoms with Gasteiger partial charge in [0.05, 0.1) is 5.92 Å². The molecule has 0 aliphatic carbocycles. The van der Waals surface area contributed by atoms with Gasteiger partial charge in [-0.3, -0.25) is 4.79 Å². The number of allylic oxidation sites excluding steroid dienone is 2. The van der Waals surface area contributed by atoms with Crippen molar-refractivity contribution >= 4 is 5.97 Å². The third-order valence-corrected chi connectivity index (χ3v) is 2.22. The molecule has 0 bridgehead atoms. The molecule has 0 radical (unpaired) electrons. The number of esters is 1. The first-order valence-electron chi connectivity index (χ1n) is 6.24. The van der Waals surface area contributed by atoms with Crippen molar-refractivity contribution in [1.82, 2.24) is 0 Å². The minimum atomic E-state index is -0.368. The molecule has 0 aliphatic rings. The Morgan fingerprint density at radius 3 is 2.44 bits per heavy atom. The predicted molar refractivity (Wildman–Crippen MR) is 68.3 cm³/mol. The summed E-state index contributed by atoms with van der Waals surface area (Å²) >= 11 is 0. The van der Waals surface area contributed by atoms with Crippen LogP contribution in [-0.4, -0.2) is 11.6 Å². The van der Waals surface area contributed by atoms with Crippen molar-refractivity contribution < 1.29 is 9.53 Å². The van der Waals surface area contributed by atoms with E-state index in [0.717, 1.165) is 25.7 Å². The van der Waals surface area contributed by atoms with Crippen LogP contribution in [-0.2, 0) is 9.53 Å². The maximum absolute atomic E-state index is 11.6. The Morgan fingerprint density at radius 2 is 1.94 bits per heavy atom. The number of unbranched alkanes of at least 4 members (excludes halogenated alkanes) is 1. The van der Waals surface area contributed by atoms with Gasteiger partial charge in [0.2, 0.25) is 0 Å². The first-order chi connectivity index (χ1) is 7.37. The minimum Gasteiger partial charge on any atom is -0.460 e. The lowest BCUT2D eigenvalue weighted by Gasteiger charge is -2.22. The van der Waals surface area contributed by atoms with E-state index in [-0.39, 0.29) is 17.5 Å². The molecule has 1 unspecified atom stereocenters. The van der Waals surface area contributed by atoms with E-state index in [9.17, 15) is 4.79 Å². The van der Waals surface area contributed by atoms with Crippen LogP contribution >= 0.6 is 0 Å². The predicted octanol–water partition coefficient (Wildman–Crippen LogP) is 4.10. The Bertz CT molecular complexity index is 223. The number of carbonyl (C=O) groups is 1. The molecule has 0 amide bonds. The Kier molecular flexibility index (Phi) is 7.11. The summed E-state index contributed by atoms with van der Waals surface area (Å²) in [6.07, 6.45) is 8.45. The minimum absolute atomic E-state index is 0.00857. The summed E-state index contributed by atoms with van der Waals surface area (Å²) in [6.45, 7) is 9.78. The van der Waals surface area contributed by atoms with Crippen molar-refractivity contribution in [2.75, 3.05) is 0 Å². The van der Waals surface area contributed by atoms with Crippen LogP contribution in [0.4, 0.5) is 0 Å². The zero-order chi connectivity index (χ0) is 12.6. The molecule has 2 heteroatoms. The Balaban J connectivity index is 3.76. The van der Waals surface area contributed by atoms with Gasteiger partial charge < -0.3 is 4.74 Å². The second-order valence-corrected chi connectivity index (χ2v) is 5.25. The number of hydrogen-bond acceptors (Lipinski definition) is 2. The standard InChI is InChI=1S/C14H26O2/c1-6-7-8-9-10-11-12(2)13(15)16-14(3,4)5/h7-8,12H,6,9-11H2,1-5H3. The molecule has 0 saturated heterocycles. The highest BCUT2D eigenvalue weighted by atomic mass is 16.6. The van der Waals surface area contributed by atoms with Gasteiger partial charge in [-0.25, -0.2) is 0 Å². The zero-order valence-electron chi connectivity index (χ0n) is 11.4. The normalized spacial score (nSPS) is 14.1. The molecule has 0 aromatic rings.